The summed E-state index contributed by atoms with van der Waals surface area (Å²) in [4.78, 5) is 24.1. The number of rotatable bonds is 5. The van der Waals surface area contributed by atoms with Crippen LogP contribution in [0.2, 0.25) is 0 Å². The topological polar surface area (TPSA) is 63.6 Å². The molecule has 0 aromatic rings. The number of ether oxygens (including phenoxy) is 1. The van der Waals surface area contributed by atoms with Gasteiger partial charge in [-0.3, -0.25) is 9.59 Å². The highest BCUT2D eigenvalue weighted by Crippen LogP contribution is 2.41. The number of hydrogen-bond donors (Lipinski definition) is 1. The van der Waals surface area contributed by atoms with Crippen LogP contribution in [0.4, 0.5) is 0 Å². The molecule has 1 N–H and O–H groups in total. The van der Waals surface area contributed by atoms with Crippen molar-refractivity contribution in [3.05, 3.63) is 0 Å². The molecule has 3 unspecified atom stereocenters. The van der Waals surface area contributed by atoms with Gasteiger partial charge in [-0.15, -0.1) is 0 Å². The number of esters is 1. The van der Waals surface area contributed by atoms with E-state index in [2.05, 4.69) is 13.8 Å². The fourth-order valence-electron chi connectivity index (χ4n) is 4.20. The smallest absolute Gasteiger partial charge is 0.310 e. The second-order valence-electron chi connectivity index (χ2n) is 7.19. The molecule has 0 aliphatic heterocycles. The van der Waals surface area contributed by atoms with Crippen molar-refractivity contribution in [3.8, 4) is 0 Å². The molecule has 2 aliphatic carbocycles. The van der Waals surface area contributed by atoms with Gasteiger partial charge in [-0.1, -0.05) is 33.1 Å². The normalized spacial score (nSPS) is 29.5. The average Bonchev–Trinajstić information content (AvgIpc) is 2.54. The van der Waals surface area contributed by atoms with Crippen LogP contribution >= 0.6 is 0 Å². The molecule has 2 fully saturated rings. The molecule has 0 spiro atoms. The van der Waals surface area contributed by atoms with E-state index in [1.807, 2.05) is 0 Å². The summed E-state index contributed by atoms with van der Waals surface area (Å²) in [5.74, 6) is -1.77. The third-order valence-corrected chi connectivity index (χ3v) is 5.90. The van der Waals surface area contributed by atoms with Crippen LogP contribution in [0.1, 0.15) is 78.1 Å². The van der Waals surface area contributed by atoms with Gasteiger partial charge in [-0.05, 0) is 50.9 Å². The Kier molecular flexibility index (Phi) is 5.87. The molecule has 0 amide bonds. The Morgan fingerprint density at radius 2 is 1.68 bits per heavy atom. The van der Waals surface area contributed by atoms with Crippen molar-refractivity contribution in [3.63, 3.8) is 0 Å². The summed E-state index contributed by atoms with van der Waals surface area (Å²) in [5, 5.41) is 9.38. The van der Waals surface area contributed by atoms with Crippen LogP contribution in [-0.4, -0.2) is 22.6 Å². The number of carboxylic acid groups (broad SMARTS) is 1. The van der Waals surface area contributed by atoms with Crippen molar-refractivity contribution in [1.29, 1.82) is 0 Å². The van der Waals surface area contributed by atoms with Gasteiger partial charge >= 0.3 is 11.9 Å². The Morgan fingerprint density at radius 1 is 1.09 bits per heavy atom. The number of carboxylic acids is 1. The summed E-state index contributed by atoms with van der Waals surface area (Å²) in [7, 11) is 0. The van der Waals surface area contributed by atoms with E-state index < -0.39 is 17.8 Å². The molecule has 22 heavy (non-hydrogen) atoms. The largest absolute Gasteiger partial charge is 0.481 e. The van der Waals surface area contributed by atoms with Gasteiger partial charge in [0.1, 0.15) is 5.60 Å². The first-order valence-corrected chi connectivity index (χ1v) is 8.96. The van der Waals surface area contributed by atoms with E-state index in [-0.39, 0.29) is 11.6 Å². The van der Waals surface area contributed by atoms with Crippen LogP contribution in [0.3, 0.4) is 0 Å². The minimum absolute atomic E-state index is 0.255. The zero-order valence-corrected chi connectivity index (χ0v) is 14.0. The van der Waals surface area contributed by atoms with Crippen LogP contribution in [0, 0.1) is 17.8 Å². The third kappa shape index (κ3) is 3.64. The number of aliphatic carboxylic acids is 1. The van der Waals surface area contributed by atoms with E-state index in [1.165, 1.54) is 6.42 Å². The molecule has 2 rings (SSSR count). The summed E-state index contributed by atoms with van der Waals surface area (Å²) < 4.78 is 6.05. The fraction of sp³-hybridized carbons (Fsp3) is 0.889. The van der Waals surface area contributed by atoms with E-state index in [0.29, 0.717) is 18.8 Å². The van der Waals surface area contributed by atoms with Gasteiger partial charge in [0.2, 0.25) is 0 Å². The van der Waals surface area contributed by atoms with Crippen LogP contribution in [0.15, 0.2) is 0 Å². The van der Waals surface area contributed by atoms with E-state index in [0.717, 1.165) is 44.9 Å². The second-order valence-corrected chi connectivity index (χ2v) is 7.19. The van der Waals surface area contributed by atoms with E-state index in [4.69, 9.17) is 4.74 Å². The standard InChI is InChI=1S/C18H30O4/c1-3-13(2)18(11-7-4-8-12-18)22-17(21)15-10-6-5-9-14(15)16(19)20/h13-15H,3-12H2,1-2H3,(H,19,20). The highest BCUT2D eigenvalue weighted by Gasteiger charge is 2.44. The molecule has 0 radical (unpaired) electrons. The Bertz CT molecular complexity index is 398. The van der Waals surface area contributed by atoms with Crippen LogP contribution in [-0.2, 0) is 14.3 Å². The van der Waals surface area contributed by atoms with E-state index in [1.54, 1.807) is 0 Å². The van der Waals surface area contributed by atoms with Crippen molar-refractivity contribution < 1.29 is 19.4 Å². The molecule has 2 aliphatic rings. The lowest BCUT2D eigenvalue weighted by Gasteiger charge is -2.42. The molecule has 2 saturated carbocycles. The molecule has 0 aromatic heterocycles. The van der Waals surface area contributed by atoms with Crippen molar-refractivity contribution in [2.24, 2.45) is 17.8 Å². The van der Waals surface area contributed by atoms with Gasteiger partial charge in [-0.2, -0.15) is 0 Å². The summed E-state index contributed by atoms with van der Waals surface area (Å²) in [6.07, 6.45) is 9.35. The molecule has 4 heteroatoms. The summed E-state index contributed by atoms with van der Waals surface area (Å²) in [6, 6.07) is 0. The zero-order chi connectivity index (χ0) is 16.2. The second kappa shape index (κ2) is 7.47. The molecule has 3 atom stereocenters. The summed E-state index contributed by atoms with van der Waals surface area (Å²) in [5.41, 5.74) is -0.357. The van der Waals surface area contributed by atoms with Crippen molar-refractivity contribution >= 4 is 11.9 Å². The predicted molar refractivity (Wildman–Crippen MR) is 84.4 cm³/mol. The zero-order valence-electron chi connectivity index (χ0n) is 14.0. The maximum absolute atomic E-state index is 12.7. The van der Waals surface area contributed by atoms with Crippen molar-refractivity contribution in [2.75, 3.05) is 0 Å². The van der Waals surface area contributed by atoms with Gasteiger partial charge < -0.3 is 9.84 Å². The first-order valence-electron chi connectivity index (χ1n) is 8.96. The molecule has 0 bridgehead atoms. The third-order valence-electron chi connectivity index (χ3n) is 5.90. The van der Waals surface area contributed by atoms with Crippen LogP contribution in [0.5, 0.6) is 0 Å². The van der Waals surface area contributed by atoms with Crippen molar-refractivity contribution in [2.45, 2.75) is 83.7 Å². The lowest BCUT2D eigenvalue weighted by molar-refractivity contribution is -0.181. The lowest BCUT2D eigenvalue weighted by Crippen LogP contribution is -2.46. The minimum atomic E-state index is -0.845. The maximum Gasteiger partial charge on any atom is 0.310 e. The maximum atomic E-state index is 12.7. The molecule has 126 valence electrons. The number of carbonyl (C=O) groups excluding carboxylic acids is 1. The van der Waals surface area contributed by atoms with E-state index in [9.17, 15) is 14.7 Å². The van der Waals surface area contributed by atoms with Crippen LogP contribution < -0.4 is 0 Å². The predicted octanol–water partition coefficient (Wildman–Crippen LogP) is 4.17. The molecule has 4 nitrogen and oxygen atoms in total. The number of hydrogen-bond acceptors (Lipinski definition) is 3. The quantitative estimate of drug-likeness (QED) is 0.774. The Balaban J connectivity index is 2.11. The van der Waals surface area contributed by atoms with Gasteiger partial charge in [-0.25, -0.2) is 0 Å². The summed E-state index contributed by atoms with van der Waals surface area (Å²) >= 11 is 0. The number of carbonyl (C=O) groups is 2. The lowest BCUT2D eigenvalue weighted by atomic mass is 9.74. The van der Waals surface area contributed by atoms with Gasteiger partial charge in [0.05, 0.1) is 11.8 Å². The average molecular weight is 310 g/mol. The van der Waals surface area contributed by atoms with Gasteiger partial charge in [0.25, 0.3) is 0 Å². The molecule has 0 heterocycles. The van der Waals surface area contributed by atoms with Crippen molar-refractivity contribution in [1.82, 2.24) is 0 Å². The Labute approximate surface area is 133 Å². The highest BCUT2D eigenvalue weighted by molar-refractivity contribution is 5.81. The highest BCUT2D eigenvalue weighted by atomic mass is 16.6. The monoisotopic (exact) mass is 310 g/mol. The Morgan fingerprint density at radius 3 is 2.23 bits per heavy atom. The Hall–Kier alpha value is -1.06. The molecular weight excluding hydrogens is 280 g/mol. The molecular formula is C18H30O4. The fourth-order valence-corrected chi connectivity index (χ4v) is 4.20. The molecule has 0 aromatic carbocycles. The minimum Gasteiger partial charge on any atom is -0.481 e. The molecule has 0 saturated heterocycles. The van der Waals surface area contributed by atoms with Crippen LogP contribution in [0.25, 0.3) is 0 Å². The van der Waals surface area contributed by atoms with Gasteiger partial charge in [0, 0.05) is 0 Å². The SMILES string of the molecule is CCC(C)C1(OC(=O)C2CCCCC2C(=O)O)CCCCC1. The first-order chi connectivity index (χ1) is 10.5. The van der Waals surface area contributed by atoms with Gasteiger partial charge in [0.15, 0.2) is 0 Å². The van der Waals surface area contributed by atoms with E-state index >= 15 is 0 Å². The summed E-state index contributed by atoms with van der Waals surface area (Å²) in [6.45, 7) is 4.30. The first kappa shape index (κ1) is 17.3.